The van der Waals surface area contributed by atoms with E-state index >= 15 is 0 Å². The Morgan fingerprint density at radius 2 is 1.94 bits per heavy atom. The lowest BCUT2D eigenvalue weighted by Crippen LogP contribution is -2.25. The molecule has 10 nitrogen and oxygen atoms in total. The molecule has 2 N–H and O–H groups in total. The Labute approximate surface area is 184 Å². The fourth-order valence-electron chi connectivity index (χ4n) is 4.17. The first-order valence-electron chi connectivity index (χ1n) is 10.9. The maximum atomic E-state index is 5.68. The summed E-state index contributed by atoms with van der Waals surface area (Å²) in [5.41, 5.74) is 2.70. The minimum absolute atomic E-state index is 0.0152. The lowest BCUT2D eigenvalue weighted by Gasteiger charge is -2.23. The minimum Gasteiger partial charge on any atom is -0.358 e. The molecule has 0 bridgehead atoms. The van der Waals surface area contributed by atoms with Crippen molar-refractivity contribution in [2.45, 2.75) is 44.6 Å². The van der Waals surface area contributed by atoms with E-state index in [-0.39, 0.29) is 6.04 Å². The Morgan fingerprint density at radius 1 is 1.06 bits per heavy atom. The highest BCUT2D eigenvalue weighted by atomic mass is 16.5. The first-order valence-corrected chi connectivity index (χ1v) is 10.9. The Bertz CT molecular complexity index is 1230. The molecular formula is C22H23N9O. The van der Waals surface area contributed by atoms with Gasteiger partial charge >= 0.3 is 0 Å². The van der Waals surface area contributed by atoms with Crippen molar-refractivity contribution in [2.24, 2.45) is 0 Å². The Kier molecular flexibility index (Phi) is 4.55. The van der Waals surface area contributed by atoms with Crippen LogP contribution in [-0.2, 0) is 0 Å². The number of hydrogen-bond acceptors (Lipinski definition) is 9. The van der Waals surface area contributed by atoms with E-state index in [9.17, 15) is 0 Å². The molecule has 1 saturated heterocycles. The predicted molar refractivity (Wildman–Crippen MR) is 117 cm³/mol. The maximum absolute atomic E-state index is 5.68. The molecule has 0 spiro atoms. The second-order valence-electron chi connectivity index (χ2n) is 8.34. The SMILES string of the molecule is Cc1cc(Nc2cc(C3CC3)[nH]n2)nc(N2CCCC2c2cc(-c3ncccn3)no2)n1. The van der Waals surface area contributed by atoms with E-state index in [1.165, 1.54) is 18.5 Å². The first-order chi connectivity index (χ1) is 15.7. The first kappa shape index (κ1) is 18.9. The van der Waals surface area contributed by atoms with E-state index in [0.29, 0.717) is 23.4 Å². The van der Waals surface area contributed by atoms with Crippen molar-refractivity contribution >= 4 is 17.6 Å². The van der Waals surface area contributed by atoms with Crippen LogP contribution in [0.25, 0.3) is 11.5 Å². The number of hydrogen-bond donors (Lipinski definition) is 2. The summed E-state index contributed by atoms with van der Waals surface area (Å²) in [6.45, 7) is 2.82. The van der Waals surface area contributed by atoms with Crippen molar-refractivity contribution in [3.63, 3.8) is 0 Å². The highest BCUT2D eigenvalue weighted by molar-refractivity contribution is 5.55. The molecule has 10 heteroatoms. The Hall–Kier alpha value is -3.82. The summed E-state index contributed by atoms with van der Waals surface area (Å²) < 4.78 is 5.68. The van der Waals surface area contributed by atoms with Gasteiger partial charge < -0.3 is 14.7 Å². The fraction of sp³-hybridized carbons (Fsp3) is 0.364. The normalized spacial score (nSPS) is 18.3. The van der Waals surface area contributed by atoms with Gasteiger partial charge in [-0.15, -0.1) is 0 Å². The summed E-state index contributed by atoms with van der Waals surface area (Å²) in [6, 6.07) is 7.70. The molecule has 1 aliphatic heterocycles. The van der Waals surface area contributed by atoms with Crippen molar-refractivity contribution in [3.8, 4) is 11.5 Å². The van der Waals surface area contributed by atoms with Crippen LogP contribution in [0, 0.1) is 6.92 Å². The van der Waals surface area contributed by atoms with Gasteiger partial charge in [-0.3, -0.25) is 5.10 Å². The molecule has 162 valence electrons. The van der Waals surface area contributed by atoms with Gasteiger partial charge in [-0.1, -0.05) is 5.16 Å². The molecule has 5 heterocycles. The molecule has 0 amide bonds. The van der Waals surface area contributed by atoms with Crippen LogP contribution in [0.5, 0.6) is 0 Å². The van der Waals surface area contributed by atoms with E-state index in [1.807, 2.05) is 19.1 Å². The molecule has 4 aromatic heterocycles. The minimum atomic E-state index is 0.0152. The maximum Gasteiger partial charge on any atom is 0.228 e. The Balaban J connectivity index is 1.25. The molecule has 0 aromatic carbocycles. The third kappa shape index (κ3) is 3.68. The summed E-state index contributed by atoms with van der Waals surface area (Å²) >= 11 is 0. The monoisotopic (exact) mass is 429 g/mol. The summed E-state index contributed by atoms with van der Waals surface area (Å²) in [4.78, 5) is 20.2. The molecule has 6 rings (SSSR count). The summed E-state index contributed by atoms with van der Waals surface area (Å²) in [7, 11) is 0. The van der Waals surface area contributed by atoms with Gasteiger partial charge in [0.05, 0.1) is 6.04 Å². The summed E-state index contributed by atoms with van der Waals surface area (Å²) in [5.74, 6) is 4.11. The number of nitrogens with one attached hydrogen (secondary N) is 2. The molecule has 0 radical (unpaired) electrons. The lowest BCUT2D eigenvalue weighted by molar-refractivity contribution is 0.362. The third-order valence-corrected chi connectivity index (χ3v) is 5.87. The van der Waals surface area contributed by atoms with E-state index in [1.54, 1.807) is 18.5 Å². The van der Waals surface area contributed by atoms with Gasteiger partial charge in [0.1, 0.15) is 5.82 Å². The quantitative estimate of drug-likeness (QED) is 0.469. The van der Waals surface area contributed by atoms with Crippen molar-refractivity contribution in [3.05, 3.63) is 53.8 Å². The number of aryl methyl sites for hydroxylation is 1. The van der Waals surface area contributed by atoms with Gasteiger partial charge in [0.25, 0.3) is 0 Å². The topological polar surface area (TPSA) is 122 Å². The van der Waals surface area contributed by atoms with E-state index in [0.717, 1.165) is 42.5 Å². The molecule has 1 aliphatic carbocycles. The largest absolute Gasteiger partial charge is 0.358 e. The second kappa shape index (κ2) is 7.70. The number of aromatic amines is 1. The smallest absolute Gasteiger partial charge is 0.228 e. The zero-order valence-corrected chi connectivity index (χ0v) is 17.7. The van der Waals surface area contributed by atoms with Gasteiger partial charge in [-0.2, -0.15) is 10.1 Å². The van der Waals surface area contributed by atoms with Crippen LogP contribution in [0.2, 0.25) is 0 Å². The summed E-state index contributed by atoms with van der Waals surface area (Å²) in [5, 5.41) is 15.0. The molecule has 1 atom stereocenters. The van der Waals surface area contributed by atoms with Crippen LogP contribution in [0.15, 0.2) is 41.2 Å². The highest BCUT2D eigenvalue weighted by Gasteiger charge is 2.32. The van der Waals surface area contributed by atoms with Gasteiger partial charge in [-0.25, -0.2) is 15.0 Å². The number of rotatable bonds is 6. The molecular weight excluding hydrogens is 406 g/mol. The van der Waals surface area contributed by atoms with E-state index in [4.69, 9.17) is 14.5 Å². The Morgan fingerprint density at radius 3 is 2.78 bits per heavy atom. The molecule has 32 heavy (non-hydrogen) atoms. The summed E-state index contributed by atoms with van der Waals surface area (Å²) in [6.07, 6.45) is 7.81. The van der Waals surface area contributed by atoms with Gasteiger partial charge in [0.2, 0.25) is 5.95 Å². The lowest BCUT2D eigenvalue weighted by atomic mass is 10.1. The van der Waals surface area contributed by atoms with Crippen LogP contribution in [0.1, 0.15) is 54.8 Å². The number of H-pyrrole nitrogens is 1. The molecule has 1 saturated carbocycles. The van der Waals surface area contributed by atoms with Gasteiger partial charge in [0.15, 0.2) is 23.1 Å². The van der Waals surface area contributed by atoms with Crippen molar-refractivity contribution < 1.29 is 4.52 Å². The van der Waals surface area contributed by atoms with Crippen molar-refractivity contribution in [1.29, 1.82) is 0 Å². The van der Waals surface area contributed by atoms with Gasteiger partial charge in [0, 0.05) is 54.4 Å². The van der Waals surface area contributed by atoms with Crippen LogP contribution in [0.4, 0.5) is 17.6 Å². The van der Waals surface area contributed by atoms with Crippen LogP contribution < -0.4 is 10.2 Å². The average Bonchev–Trinajstić information content (AvgIpc) is 3.20. The zero-order valence-electron chi connectivity index (χ0n) is 17.7. The van der Waals surface area contributed by atoms with E-state index in [2.05, 4.69) is 41.6 Å². The standard InChI is InChI=1S/C22H23N9O/c1-13-10-19(26-20-12-15(28-29-20)14-5-6-14)27-22(25-13)31-9-2-4-17(31)18-11-16(30-32-18)21-23-7-3-8-24-21/h3,7-8,10-12,14,17H,2,4-6,9H2,1H3,(H2,25,26,27,28,29). The predicted octanol–water partition coefficient (Wildman–Crippen LogP) is 3.92. The average molecular weight is 429 g/mol. The van der Waals surface area contributed by atoms with E-state index < -0.39 is 0 Å². The molecule has 4 aromatic rings. The molecule has 2 fully saturated rings. The highest BCUT2D eigenvalue weighted by Crippen LogP contribution is 2.40. The number of nitrogens with zero attached hydrogens (tertiary/aromatic N) is 7. The third-order valence-electron chi connectivity index (χ3n) is 5.87. The molecule has 1 unspecified atom stereocenters. The van der Waals surface area contributed by atoms with Gasteiger partial charge in [-0.05, 0) is 38.7 Å². The van der Waals surface area contributed by atoms with Crippen molar-refractivity contribution in [1.82, 2.24) is 35.3 Å². The van der Waals surface area contributed by atoms with Crippen molar-refractivity contribution in [2.75, 3.05) is 16.8 Å². The van der Waals surface area contributed by atoms with Crippen LogP contribution in [-0.4, -0.2) is 41.8 Å². The zero-order chi connectivity index (χ0) is 21.5. The molecule has 2 aliphatic rings. The second-order valence-corrected chi connectivity index (χ2v) is 8.34. The number of aromatic nitrogens is 7. The number of anilines is 3. The van der Waals surface area contributed by atoms with Crippen LogP contribution >= 0.6 is 0 Å². The fourth-order valence-corrected chi connectivity index (χ4v) is 4.17. The van der Waals surface area contributed by atoms with Crippen LogP contribution in [0.3, 0.4) is 0 Å².